The van der Waals surface area contributed by atoms with E-state index >= 15 is 0 Å². The molecule has 21 heavy (non-hydrogen) atoms. The van der Waals surface area contributed by atoms with Gasteiger partial charge >= 0.3 is 5.97 Å². The van der Waals surface area contributed by atoms with Gasteiger partial charge in [0.2, 0.25) is 0 Å². The molecule has 0 aliphatic heterocycles. The summed E-state index contributed by atoms with van der Waals surface area (Å²) in [4.78, 5) is 12.9. The quantitative estimate of drug-likeness (QED) is 0.708. The number of carboxylic acids is 1. The molecule has 0 aliphatic carbocycles. The minimum absolute atomic E-state index is 0.00144. The standard InChI is InChI=1S/C15H23NO5/c1-16(6-7-17)12(10-15(18)19)8-11-4-5-13(20-2)14(9-11)21-3/h4-5,9,12,17H,6-8,10H2,1-3H3,(H,18,19). The highest BCUT2D eigenvalue weighted by molar-refractivity contribution is 5.67. The van der Waals surface area contributed by atoms with Crippen LogP contribution in [0.4, 0.5) is 0 Å². The maximum Gasteiger partial charge on any atom is 0.304 e. The van der Waals surface area contributed by atoms with E-state index in [4.69, 9.17) is 19.7 Å². The monoisotopic (exact) mass is 297 g/mol. The summed E-state index contributed by atoms with van der Waals surface area (Å²) in [6.45, 7) is 0.434. The Labute approximate surface area is 124 Å². The lowest BCUT2D eigenvalue weighted by Crippen LogP contribution is -2.37. The van der Waals surface area contributed by atoms with Crippen molar-refractivity contribution in [3.63, 3.8) is 0 Å². The van der Waals surface area contributed by atoms with Crippen molar-refractivity contribution in [1.29, 1.82) is 0 Å². The number of benzene rings is 1. The molecule has 1 atom stereocenters. The van der Waals surface area contributed by atoms with Crippen LogP contribution in [-0.2, 0) is 11.2 Å². The highest BCUT2D eigenvalue weighted by Crippen LogP contribution is 2.28. The molecule has 6 heteroatoms. The van der Waals surface area contributed by atoms with E-state index in [2.05, 4.69) is 0 Å². The minimum Gasteiger partial charge on any atom is -0.493 e. The number of aliphatic hydroxyl groups is 1. The maximum atomic E-state index is 11.0. The lowest BCUT2D eigenvalue weighted by atomic mass is 10.0. The molecule has 0 saturated heterocycles. The van der Waals surface area contributed by atoms with E-state index in [0.717, 1.165) is 5.56 Å². The van der Waals surface area contributed by atoms with Crippen LogP contribution in [0.25, 0.3) is 0 Å². The Bertz CT molecular complexity index is 463. The van der Waals surface area contributed by atoms with Gasteiger partial charge in [-0.1, -0.05) is 6.07 Å². The van der Waals surface area contributed by atoms with Crippen LogP contribution in [0, 0.1) is 0 Å². The number of carbonyl (C=O) groups is 1. The topological polar surface area (TPSA) is 79.2 Å². The van der Waals surface area contributed by atoms with Gasteiger partial charge < -0.3 is 24.6 Å². The molecular formula is C15H23NO5. The number of rotatable bonds is 9. The molecular weight excluding hydrogens is 274 g/mol. The van der Waals surface area contributed by atoms with E-state index in [0.29, 0.717) is 24.5 Å². The molecule has 0 radical (unpaired) electrons. The molecule has 0 aliphatic rings. The Morgan fingerprint density at radius 2 is 1.95 bits per heavy atom. The molecule has 2 N–H and O–H groups in total. The van der Waals surface area contributed by atoms with Gasteiger partial charge in [-0.2, -0.15) is 0 Å². The van der Waals surface area contributed by atoms with Crippen LogP contribution < -0.4 is 9.47 Å². The fourth-order valence-electron chi connectivity index (χ4n) is 2.21. The zero-order valence-corrected chi connectivity index (χ0v) is 12.7. The molecule has 0 heterocycles. The molecule has 0 bridgehead atoms. The third kappa shape index (κ3) is 5.24. The number of methoxy groups -OCH3 is 2. The number of likely N-dealkylation sites (N-methyl/N-ethyl adjacent to an activating group) is 1. The fourth-order valence-corrected chi connectivity index (χ4v) is 2.21. The first-order valence-electron chi connectivity index (χ1n) is 6.75. The van der Waals surface area contributed by atoms with E-state index in [1.165, 1.54) is 0 Å². The van der Waals surface area contributed by atoms with Crippen molar-refractivity contribution in [2.75, 3.05) is 34.4 Å². The second-order valence-corrected chi connectivity index (χ2v) is 4.85. The van der Waals surface area contributed by atoms with E-state index in [1.807, 2.05) is 24.1 Å². The van der Waals surface area contributed by atoms with Crippen molar-refractivity contribution in [3.05, 3.63) is 23.8 Å². The molecule has 0 amide bonds. The Kier molecular flexibility index (Phi) is 6.98. The normalized spacial score (nSPS) is 12.2. The molecule has 0 fully saturated rings. The second kappa shape index (κ2) is 8.49. The van der Waals surface area contributed by atoms with Crippen molar-refractivity contribution in [3.8, 4) is 11.5 Å². The van der Waals surface area contributed by atoms with Crippen LogP contribution in [0.2, 0.25) is 0 Å². The molecule has 0 saturated carbocycles. The SMILES string of the molecule is COc1ccc(CC(CC(=O)O)N(C)CCO)cc1OC. The predicted molar refractivity (Wildman–Crippen MR) is 79.0 cm³/mol. The van der Waals surface area contributed by atoms with Gasteiger partial charge in [-0.15, -0.1) is 0 Å². The number of aliphatic carboxylic acids is 1. The zero-order valence-electron chi connectivity index (χ0n) is 12.7. The van der Waals surface area contributed by atoms with Gasteiger partial charge in [0.1, 0.15) is 0 Å². The highest BCUT2D eigenvalue weighted by atomic mass is 16.5. The maximum absolute atomic E-state index is 11.0. The number of hydrogen-bond acceptors (Lipinski definition) is 5. The van der Waals surface area contributed by atoms with Gasteiger partial charge in [0, 0.05) is 12.6 Å². The van der Waals surface area contributed by atoms with Crippen molar-refractivity contribution in [2.24, 2.45) is 0 Å². The van der Waals surface area contributed by atoms with Gasteiger partial charge in [0.25, 0.3) is 0 Å². The molecule has 1 rings (SSSR count). The molecule has 1 unspecified atom stereocenters. The summed E-state index contributed by atoms with van der Waals surface area (Å²) < 4.78 is 10.4. The first-order valence-corrected chi connectivity index (χ1v) is 6.75. The van der Waals surface area contributed by atoms with Gasteiger partial charge in [0.15, 0.2) is 11.5 Å². The van der Waals surface area contributed by atoms with Crippen molar-refractivity contribution < 1.29 is 24.5 Å². The molecule has 1 aromatic carbocycles. The summed E-state index contributed by atoms with van der Waals surface area (Å²) in [5.41, 5.74) is 0.962. The average Bonchev–Trinajstić information content (AvgIpc) is 2.46. The number of carboxylic acid groups (broad SMARTS) is 1. The Hall–Kier alpha value is -1.79. The average molecular weight is 297 g/mol. The minimum atomic E-state index is -0.856. The van der Waals surface area contributed by atoms with Crippen LogP contribution in [0.3, 0.4) is 0 Å². The van der Waals surface area contributed by atoms with Gasteiger partial charge in [-0.25, -0.2) is 0 Å². The highest BCUT2D eigenvalue weighted by Gasteiger charge is 2.19. The number of ether oxygens (including phenoxy) is 2. The van der Waals surface area contributed by atoms with Crippen molar-refractivity contribution in [2.45, 2.75) is 18.9 Å². The third-order valence-corrected chi connectivity index (χ3v) is 3.41. The summed E-state index contributed by atoms with van der Waals surface area (Å²) in [7, 11) is 4.94. The Balaban J connectivity index is 2.89. The third-order valence-electron chi connectivity index (χ3n) is 3.41. The number of aliphatic hydroxyl groups excluding tert-OH is 1. The second-order valence-electron chi connectivity index (χ2n) is 4.85. The van der Waals surface area contributed by atoms with E-state index in [1.54, 1.807) is 20.3 Å². The molecule has 1 aromatic rings. The van der Waals surface area contributed by atoms with Gasteiger partial charge in [-0.3, -0.25) is 4.79 Å². The summed E-state index contributed by atoms with van der Waals surface area (Å²) in [6.07, 6.45) is 0.577. The molecule has 6 nitrogen and oxygen atoms in total. The van der Waals surface area contributed by atoms with Crippen LogP contribution >= 0.6 is 0 Å². The van der Waals surface area contributed by atoms with Crippen molar-refractivity contribution in [1.82, 2.24) is 4.90 Å². The Morgan fingerprint density at radius 1 is 1.29 bits per heavy atom. The molecule has 0 aromatic heterocycles. The number of nitrogens with zero attached hydrogens (tertiary/aromatic N) is 1. The van der Waals surface area contributed by atoms with E-state index in [9.17, 15) is 4.79 Å². The summed E-state index contributed by atoms with van der Waals surface area (Å²) in [5, 5.41) is 18.0. The number of hydrogen-bond donors (Lipinski definition) is 2. The summed E-state index contributed by atoms with van der Waals surface area (Å²) >= 11 is 0. The predicted octanol–water partition coefficient (Wildman–Crippen LogP) is 1.01. The van der Waals surface area contributed by atoms with Gasteiger partial charge in [0.05, 0.1) is 27.2 Å². The van der Waals surface area contributed by atoms with Crippen LogP contribution in [0.1, 0.15) is 12.0 Å². The van der Waals surface area contributed by atoms with Crippen LogP contribution in [-0.4, -0.2) is 61.5 Å². The lowest BCUT2D eigenvalue weighted by molar-refractivity contribution is -0.138. The largest absolute Gasteiger partial charge is 0.493 e. The summed E-state index contributed by atoms with van der Waals surface area (Å²) in [5.74, 6) is 0.402. The van der Waals surface area contributed by atoms with E-state index < -0.39 is 5.97 Å². The van der Waals surface area contributed by atoms with Crippen molar-refractivity contribution >= 4 is 5.97 Å². The lowest BCUT2D eigenvalue weighted by Gasteiger charge is -2.26. The van der Waals surface area contributed by atoms with E-state index in [-0.39, 0.29) is 19.1 Å². The van der Waals surface area contributed by atoms with Gasteiger partial charge in [-0.05, 0) is 31.2 Å². The van der Waals surface area contributed by atoms with Crippen LogP contribution in [0.15, 0.2) is 18.2 Å². The molecule has 0 spiro atoms. The zero-order chi connectivity index (χ0) is 15.8. The summed E-state index contributed by atoms with van der Waals surface area (Å²) in [6, 6.07) is 5.36. The Morgan fingerprint density at radius 3 is 2.48 bits per heavy atom. The first-order chi connectivity index (χ1) is 10.0. The van der Waals surface area contributed by atoms with Crippen LogP contribution in [0.5, 0.6) is 11.5 Å². The first kappa shape index (κ1) is 17.3. The smallest absolute Gasteiger partial charge is 0.304 e. The fraction of sp³-hybridized carbons (Fsp3) is 0.533. The molecule has 118 valence electrons.